The van der Waals surface area contributed by atoms with Crippen LogP contribution in [-0.4, -0.2) is 0 Å². The summed E-state index contributed by atoms with van der Waals surface area (Å²) in [6.07, 6.45) is 10.7. The van der Waals surface area contributed by atoms with Crippen molar-refractivity contribution < 1.29 is 0 Å². The van der Waals surface area contributed by atoms with Gasteiger partial charge in [-0.3, -0.25) is 0 Å². The lowest BCUT2D eigenvalue weighted by Gasteiger charge is -2.24. The molecule has 2 aliphatic carbocycles. The molecule has 0 radical (unpaired) electrons. The van der Waals surface area contributed by atoms with Crippen LogP contribution in [0.15, 0.2) is 12.2 Å². The predicted molar refractivity (Wildman–Crippen MR) is 54.8 cm³/mol. The number of hydrogen-bond donors (Lipinski definition) is 0. The fourth-order valence-electron chi connectivity index (χ4n) is 2.17. The van der Waals surface area contributed by atoms with Crippen LogP contribution in [0.4, 0.5) is 0 Å². The summed E-state index contributed by atoms with van der Waals surface area (Å²) in [5, 5.41) is 0. The Morgan fingerprint density at radius 1 is 1.15 bits per heavy atom. The second kappa shape index (κ2) is 4.20. The first-order chi connectivity index (χ1) is 6.45. The van der Waals surface area contributed by atoms with Gasteiger partial charge in [0.25, 0.3) is 0 Å². The Kier molecular flexibility index (Phi) is 2.73. The average molecular weight is 170 g/mol. The molecule has 2 aliphatic rings. The maximum absolute atomic E-state index is 3.26. The molecular weight excluding hydrogens is 156 g/mol. The first-order valence-electron chi connectivity index (χ1n) is 5.11. The molecule has 2 rings (SSSR count). The van der Waals surface area contributed by atoms with Crippen LogP contribution >= 0.6 is 0 Å². The highest BCUT2D eigenvalue weighted by Crippen LogP contribution is 2.30. The SMILES string of the molecule is C1#CC=CCC2CCCC(C#C1)C2. The lowest BCUT2D eigenvalue weighted by atomic mass is 9.80. The molecule has 0 aromatic heterocycles. The summed E-state index contributed by atoms with van der Waals surface area (Å²) in [6.45, 7) is 0. The topological polar surface area (TPSA) is 0 Å². The van der Waals surface area contributed by atoms with Gasteiger partial charge in [-0.15, -0.1) is 0 Å². The minimum absolute atomic E-state index is 0.625. The summed E-state index contributed by atoms with van der Waals surface area (Å²) >= 11 is 0. The van der Waals surface area contributed by atoms with Gasteiger partial charge in [0.05, 0.1) is 0 Å². The first-order valence-corrected chi connectivity index (χ1v) is 5.11. The first kappa shape index (κ1) is 8.46. The van der Waals surface area contributed by atoms with Gasteiger partial charge in [-0.05, 0) is 43.1 Å². The molecule has 0 N–H and O–H groups in total. The molecule has 0 amide bonds. The van der Waals surface area contributed by atoms with Crippen LogP contribution in [0.25, 0.3) is 0 Å². The Morgan fingerprint density at radius 3 is 3.15 bits per heavy atom. The van der Waals surface area contributed by atoms with E-state index in [2.05, 4.69) is 29.8 Å². The lowest BCUT2D eigenvalue weighted by Crippen LogP contribution is -2.13. The fourth-order valence-corrected chi connectivity index (χ4v) is 2.17. The molecule has 13 heavy (non-hydrogen) atoms. The van der Waals surface area contributed by atoms with Crippen molar-refractivity contribution in [1.82, 2.24) is 0 Å². The van der Waals surface area contributed by atoms with Crippen molar-refractivity contribution in [3.63, 3.8) is 0 Å². The van der Waals surface area contributed by atoms with Crippen LogP contribution in [0.2, 0.25) is 0 Å². The molecule has 1 fully saturated rings. The van der Waals surface area contributed by atoms with Gasteiger partial charge in [0.15, 0.2) is 0 Å². The Bertz CT molecular complexity index is 313. The van der Waals surface area contributed by atoms with Crippen LogP contribution in [0.1, 0.15) is 32.1 Å². The Labute approximate surface area is 80.4 Å². The van der Waals surface area contributed by atoms with E-state index in [1.54, 1.807) is 0 Å². The summed E-state index contributed by atoms with van der Waals surface area (Å²) in [5.41, 5.74) is 0. The third-order valence-corrected chi connectivity index (χ3v) is 2.86. The second-order valence-electron chi connectivity index (χ2n) is 3.91. The van der Waals surface area contributed by atoms with E-state index in [9.17, 15) is 0 Å². The fraction of sp³-hybridized carbons (Fsp3) is 0.538. The van der Waals surface area contributed by atoms with Crippen molar-refractivity contribution in [1.29, 1.82) is 0 Å². The van der Waals surface area contributed by atoms with E-state index >= 15 is 0 Å². The van der Waals surface area contributed by atoms with Gasteiger partial charge in [0.1, 0.15) is 0 Å². The molecule has 0 nitrogen and oxygen atoms in total. The molecule has 0 aromatic rings. The summed E-state index contributed by atoms with van der Waals surface area (Å²) in [4.78, 5) is 0. The van der Waals surface area contributed by atoms with E-state index in [0.717, 1.165) is 5.92 Å². The van der Waals surface area contributed by atoms with Crippen LogP contribution in [0, 0.1) is 35.5 Å². The van der Waals surface area contributed by atoms with E-state index in [1.807, 2.05) is 6.08 Å². The molecule has 0 spiro atoms. The predicted octanol–water partition coefficient (Wildman–Crippen LogP) is 2.76. The molecule has 2 bridgehead atoms. The van der Waals surface area contributed by atoms with Gasteiger partial charge in [-0.2, -0.15) is 0 Å². The monoisotopic (exact) mass is 170 g/mol. The minimum Gasteiger partial charge on any atom is -0.0857 e. The average Bonchev–Trinajstić information content (AvgIpc) is 2.17. The standard InChI is InChI=1S/C13H14/c1-2-4-7-12-9-6-10-13(11-12)8-5-3-1/h2,4,12-13H,6-7,9-11H2. The Balaban J connectivity index is 2.14. The van der Waals surface area contributed by atoms with E-state index in [1.165, 1.54) is 32.1 Å². The van der Waals surface area contributed by atoms with Gasteiger partial charge in [0.2, 0.25) is 0 Å². The molecule has 0 aromatic carbocycles. The minimum atomic E-state index is 0.625. The summed E-state index contributed by atoms with van der Waals surface area (Å²) < 4.78 is 0. The molecular formula is C13H14. The summed E-state index contributed by atoms with van der Waals surface area (Å²) in [6, 6.07) is 0. The molecule has 1 saturated carbocycles. The molecule has 66 valence electrons. The molecule has 2 atom stereocenters. The molecule has 2 unspecified atom stereocenters. The lowest BCUT2D eigenvalue weighted by molar-refractivity contribution is 0.313. The van der Waals surface area contributed by atoms with Crippen molar-refractivity contribution in [2.24, 2.45) is 11.8 Å². The van der Waals surface area contributed by atoms with Crippen molar-refractivity contribution in [3.8, 4) is 23.7 Å². The maximum Gasteiger partial charge on any atom is 0.0215 e. The Morgan fingerprint density at radius 2 is 2.15 bits per heavy atom. The van der Waals surface area contributed by atoms with Crippen molar-refractivity contribution in [2.45, 2.75) is 32.1 Å². The van der Waals surface area contributed by atoms with E-state index in [-0.39, 0.29) is 0 Å². The van der Waals surface area contributed by atoms with Gasteiger partial charge in [-0.1, -0.05) is 30.8 Å². The smallest absolute Gasteiger partial charge is 0.0215 e. The Hall–Kier alpha value is -1.14. The molecule has 0 aliphatic heterocycles. The second-order valence-corrected chi connectivity index (χ2v) is 3.91. The van der Waals surface area contributed by atoms with Crippen LogP contribution < -0.4 is 0 Å². The third kappa shape index (κ3) is 2.40. The van der Waals surface area contributed by atoms with Crippen molar-refractivity contribution in [2.75, 3.05) is 0 Å². The highest BCUT2D eigenvalue weighted by molar-refractivity contribution is 5.31. The number of fused-ring (bicyclic) bond motifs is 2. The summed E-state index contributed by atoms with van der Waals surface area (Å²) in [5.74, 6) is 13.5. The van der Waals surface area contributed by atoms with Crippen LogP contribution in [0.5, 0.6) is 0 Å². The van der Waals surface area contributed by atoms with Gasteiger partial charge in [0, 0.05) is 5.92 Å². The van der Waals surface area contributed by atoms with E-state index in [0.29, 0.717) is 5.92 Å². The van der Waals surface area contributed by atoms with Crippen LogP contribution in [0.3, 0.4) is 0 Å². The van der Waals surface area contributed by atoms with Crippen molar-refractivity contribution in [3.05, 3.63) is 12.2 Å². The number of rotatable bonds is 0. The van der Waals surface area contributed by atoms with Gasteiger partial charge in [-0.25, -0.2) is 0 Å². The zero-order valence-electron chi connectivity index (χ0n) is 7.84. The van der Waals surface area contributed by atoms with Gasteiger partial charge >= 0.3 is 0 Å². The van der Waals surface area contributed by atoms with E-state index in [4.69, 9.17) is 0 Å². The quantitative estimate of drug-likeness (QED) is 0.490. The van der Waals surface area contributed by atoms with Crippen LogP contribution in [-0.2, 0) is 0 Å². The highest BCUT2D eigenvalue weighted by atomic mass is 14.2. The normalized spacial score (nSPS) is 30.8. The number of allylic oxidation sites excluding steroid dienone is 2. The summed E-state index contributed by atoms with van der Waals surface area (Å²) in [7, 11) is 0. The highest BCUT2D eigenvalue weighted by Gasteiger charge is 2.19. The molecule has 0 heterocycles. The zero-order chi connectivity index (χ0) is 8.93. The zero-order valence-corrected chi connectivity index (χ0v) is 7.84. The molecule has 0 saturated heterocycles. The molecule has 0 heteroatoms. The maximum atomic E-state index is 3.26. The third-order valence-electron chi connectivity index (χ3n) is 2.86. The van der Waals surface area contributed by atoms with E-state index < -0.39 is 0 Å². The van der Waals surface area contributed by atoms with Crippen molar-refractivity contribution >= 4 is 0 Å². The largest absolute Gasteiger partial charge is 0.0857 e. The number of hydrogen-bond acceptors (Lipinski definition) is 0. The van der Waals surface area contributed by atoms with Gasteiger partial charge < -0.3 is 0 Å².